The fourth-order valence-corrected chi connectivity index (χ4v) is 1.70. The highest BCUT2D eigenvalue weighted by atomic mass is 19.1. The first-order chi connectivity index (χ1) is 7.99. The molecule has 1 atom stereocenters. The van der Waals surface area contributed by atoms with Gasteiger partial charge in [0.2, 0.25) is 0 Å². The Balaban J connectivity index is 2.24. The van der Waals surface area contributed by atoms with Crippen LogP contribution in [0.15, 0.2) is 30.7 Å². The number of rotatable bonds is 3. The molecule has 0 saturated heterocycles. The van der Waals surface area contributed by atoms with Crippen LogP contribution >= 0.6 is 0 Å². The molecule has 2 aromatic heterocycles. The maximum Gasteiger partial charge on any atom is 0.141 e. The van der Waals surface area contributed by atoms with Gasteiger partial charge in [-0.05, 0) is 19.1 Å². The lowest BCUT2D eigenvalue weighted by Gasteiger charge is -2.23. The third-order valence-corrected chi connectivity index (χ3v) is 2.76. The lowest BCUT2D eigenvalue weighted by Crippen LogP contribution is -2.37. The van der Waals surface area contributed by atoms with E-state index in [2.05, 4.69) is 9.97 Å². The van der Waals surface area contributed by atoms with Gasteiger partial charge in [-0.15, -0.1) is 0 Å². The van der Waals surface area contributed by atoms with Gasteiger partial charge in [-0.25, -0.2) is 9.37 Å². The summed E-state index contributed by atoms with van der Waals surface area (Å²) in [5.74, 6) is 0.516. The van der Waals surface area contributed by atoms with Crippen molar-refractivity contribution in [1.82, 2.24) is 14.5 Å². The Labute approximate surface area is 99.3 Å². The van der Waals surface area contributed by atoms with E-state index in [1.54, 1.807) is 12.3 Å². The molecule has 5 heteroatoms. The summed E-state index contributed by atoms with van der Waals surface area (Å²) in [5.41, 5.74) is 6.20. The van der Waals surface area contributed by atoms with Crippen LogP contribution in [0.1, 0.15) is 18.4 Å². The van der Waals surface area contributed by atoms with Crippen LogP contribution in [0.25, 0.3) is 0 Å². The van der Waals surface area contributed by atoms with Gasteiger partial charge < -0.3 is 10.3 Å². The minimum absolute atomic E-state index is 0.360. The van der Waals surface area contributed by atoms with Crippen molar-refractivity contribution < 1.29 is 4.39 Å². The van der Waals surface area contributed by atoms with Crippen LogP contribution in [0.3, 0.4) is 0 Å². The minimum Gasteiger partial charge on any atom is -0.338 e. The normalized spacial score (nSPS) is 14.6. The Hall–Kier alpha value is -1.75. The van der Waals surface area contributed by atoms with Crippen molar-refractivity contribution in [3.63, 3.8) is 0 Å². The van der Waals surface area contributed by atoms with Crippen LogP contribution in [0.5, 0.6) is 0 Å². The molecule has 0 spiro atoms. The van der Waals surface area contributed by atoms with Crippen molar-refractivity contribution in [3.05, 3.63) is 48.1 Å². The van der Waals surface area contributed by atoms with E-state index in [0.29, 0.717) is 12.1 Å². The number of hydrogen-bond donors (Lipinski definition) is 1. The van der Waals surface area contributed by atoms with Crippen LogP contribution < -0.4 is 5.73 Å². The number of hydrogen-bond acceptors (Lipinski definition) is 3. The van der Waals surface area contributed by atoms with E-state index in [1.165, 1.54) is 12.3 Å². The second-order valence-corrected chi connectivity index (χ2v) is 4.41. The van der Waals surface area contributed by atoms with Crippen molar-refractivity contribution in [1.29, 1.82) is 0 Å². The van der Waals surface area contributed by atoms with Gasteiger partial charge in [0.05, 0.1) is 17.4 Å². The van der Waals surface area contributed by atoms with E-state index in [9.17, 15) is 4.39 Å². The van der Waals surface area contributed by atoms with Gasteiger partial charge in [-0.3, -0.25) is 4.98 Å². The summed E-state index contributed by atoms with van der Waals surface area (Å²) >= 11 is 0. The van der Waals surface area contributed by atoms with Gasteiger partial charge in [-0.2, -0.15) is 0 Å². The molecular formula is C12H15FN4. The van der Waals surface area contributed by atoms with Crippen LogP contribution in [-0.2, 0) is 19.0 Å². The van der Waals surface area contributed by atoms with E-state index in [0.717, 1.165) is 5.82 Å². The Bertz CT molecular complexity index is 501. The van der Waals surface area contributed by atoms with E-state index in [4.69, 9.17) is 5.73 Å². The Morgan fingerprint density at radius 2 is 2.18 bits per heavy atom. The van der Waals surface area contributed by atoms with Crippen molar-refractivity contribution in [2.45, 2.75) is 18.9 Å². The number of pyridine rings is 1. The largest absolute Gasteiger partial charge is 0.338 e. The van der Waals surface area contributed by atoms with Crippen LogP contribution in [0.2, 0.25) is 0 Å². The van der Waals surface area contributed by atoms with Gasteiger partial charge in [0, 0.05) is 25.9 Å². The average molecular weight is 234 g/mol. The van der Waals surface area contributed by atoms with Gasteiger partial charge >= 0.3 is 0 Å². The molecule has 0 amide bonds. The predicted octanol–water partition coefficient (Wildman–Crippen LogP) is 1.37. The zero-order chi connectivity index (χ0) is 12.5. The molecule has 0 bridgehead atoms. The number of aromatic nitrogens is 3. The third kappa shape index (κ3) is 2.50. The number of imidazole rings is 1. The van der Waals surface area contributed by atoms with Crippen molar-refractivity contribution in [2.24, 2.45) is 12.8 Å². The number of nitrogens with zero attached hydrogens (tertiary/aromatic N) is 3. The first-order valence-corrected chi connectivity index (χ1v) is 5.36. The Kier molecular flexibility index (Phi) is 2.93. The fourth-order valence-electron chi connectivity index (χ4n) is 1.70. The van der Waals surface area contributed by atoms with E-state index < -0.39 is 5.54 Å². The molecule has 0 aliphatic carbocycles. The first kappa shape index (κ1) is 11.7. The molecule has 2 rings (SSSR count). The molecule has 0 aliphatic rings. The topological polar surface area (TPSA) is 56.7 Å². The Morgan fingerprint density at radius 3 is 2.71 bits per heavy atom. The number of nitrogens with two attached hydrogens (primary N) is 1. The molecule has 0 saturated carbocycles. The van der Waals surface area contributed by atoms with E-state index in [1.807, 2.05) is 24.7 Å². The molecule has 0 aliphatic heterocycles. The first-order valence-electron chi connectivity index (χ1n) is 5.36. The van der Waals surface area contributed by atoms with Crippen LogP contribution in [0, 0.1) is 5.82 Å². The molecule has 0 aromatic carbocycles. The molecule has 0 radical (unpaired) electrons. The molecule has 2 N–H and O–H groups in total. The lowest BCUT2D eigenvalue weighted by atomic mass is 9.94. The van der Waals surface area contributed by atoms with Crippen molar-refractivity contribution in [3.8, 4) is 0 Å². The minimum atomic E-state index is -0.660. The summed E-state index contributed by atoms with van der Waals surface area (Å²) in [5, 5.41) is 0. The molecule has 1 unspecified atom stereocenters. The SMILES string of the molecule is Cn1ccnc1CC(C)(N)c1ccc(F)cn1. The average Bonchev–Trinajstić information content (AvgIpc) is 2.64. The lowest BCUT2D eigenvalue weighted by molar-refractivity contribution is 0.454. The van der Waals surface area contributed by atoms with Gasteiger partial charge in [-0.1, -0.05) is 0 Å². The molecule has 4 nitrogen and oxygen atoms in total. The fraction of sp³-hybridized carbons (Fsp3) is 0.333. The summed E-state index contributed by atoms with van der Waals surface area (Å²) in [7, 11) is 1.91. The maximum absolute atomic E-state index is 12.8. The molecule has 90 valence electrons. The maximum atomic E-state index is 12.8. The monoisotopic (exact) mass is 234 g/mol. The number of aryl methyl sites for hydroxylation is 1. The molecule has 2 aromatic rings. The molecular weight excluding hydrogens is 219 g/mol. The van der Waals surface area contributed by atoms with Gasteiger partial charge in [0.15, 0.2) is 0 Å². The van der Waals surface area contributed by atoms with E-state index in [-0.39, 0.29) is 5.82 Å². The highest BCUT2D eigenvalue weighted by Crippen LogP contribution is 2.20. The summed E-state index contributed by atoms with van der Waals surface area (Å²) < 4.78 is 14.7. The highest BCUT2D eigenvalue weighted by molar-refractivity contribution is 5.17. The summed E-state index contributed by atoms with van der Waals surface area (Å²) in [4.78, 5) is 8.25. The molecule has 0 fully saturated rings. The zero-order valence-electron chi connectivity index (χ0n) is 9.89. The smallest absolute Gasteiger partial charge is 0.141 e. The second kappa shape index (κ2) is 4.25. The zero-order valence-corrected chi connectivity index (χ0v) is 9.89. The predicted molar refractivity (Wildman–Crippen MR) is 62.6 cm³/mol. The highest BCUT2D eigenvalue weighted by Gasteiger charge is 2.25. The summed E-state index contributed by atoms with van der Waals surface area (Å²) in [6.45, 7) is 1.86. The van der Waals surface area contributed by atoms with E-state index >= 15 is 0 Å². The summed E-state index contributed by atoms with van der Waals surface area (Å²) in [6.07, 6.45) is 5.32. The van der Waals surface area contributed by atoms with Gasteiger partial charge in [0.1, 0.15) is 11.6 Å². The molecule has 2 heterocycles. The number of halogens is 1. The second-order valence-electron chi connectivity index (χ2n) is 4.41. The molecule has 17 heavy (non-hydrogen) atoms. The van der Waals surface area contributed by atoms with Crippen LogP contribution in [-0.4, -0.2) is 14.5 Å². The van der Waals surface area contributed by atoms with Gasteiger partial charge in [0.25, 0.3) is 0 Å². The Morgan fingerprint density at radius 1 is 1.41 bits per heavy atom. The van der Waals surface area contributed by atoms with Crippen LogP contribution in [0.4, 0.5) is 4.39 Å². The van der Waals surface area contributed by atoms with Crippen molar-refractivity contribution >= 4 is 0 Å². The quantitative estimate of drug-likeness (QED) is 0.872. The third-order valence-electron chi connectivity index (χ3n) is 2.76. The standard InChI is InChI=1S/C12H15FN4/c1-12(14,7-11-15-5-6-17(11)2)10-4-3-9(13)8-16-10/h3-6,8H,7,14H2,1-2H3. The van der Waals surface area contributed by atoms with Crippen molar-refractivity contribution in [2.75, 3.05) is 0 Å². The summed E-state index contributed by atoms with van der Waals surface area (Å²) in [6, 6.07) is 2.98.